The quantitative estimate of drug-likeness (QED) is 0.681. The second kappa shape index (κ2) is 7.31. The molecule has 0 aliphatic carbocycles. The summed E-state index contributed by atoms with van der Waals surface area (Å²) >= 11 is 1.81. The Bertz CT molecular complexity index is 957. The van der Waals surface area contributed by atoms with Gasteiger partial charge in [-0.25, -0.2) is 0 Å². The van der Waals surface area contributed by atoms with E-state index in [0.717, 1.165) is 30.8 Å². The molecule has 4 rings (SSSR count). The first-order valence-corrected chi connectivity index (χ1v) is 10.3. The number of nitrogens with zero attached hydrogens (tertiary/aromatic N) is 3. The molecule has 0 N–H and O–H groups in total. The van der Waals surface area contributed by atoms with E-state index in [2.05, 4.69) is 52.6 Å². The minimum atomic E-state index is 0.0322. The summed E-state index contributed by atoms with van der Waals surface area (Å²) in [6.07, 6.45) is 2.22. The zero-order valence-corrected chi connectivity index (χ0v) is 16.9. The van der Waals surface area contributed by atoms with Gasteiger partial charge in [0.2, 0.25) is 5.91 Å². The summed E-state index contributed by atoms with van der Waals surface area (Å²) in [6.45, 7) is 4.89. The third kappa shape index (κ3) is 3.32. The number of hydrogen-bond acceptors (Lipinski definition) is 3. The van der Waals surface area contributed by atoms with Crippen LogP contribution in [0.5, 0.6) is 0 Å². The van der Waals surface area contributed by atoms with Crippen LogP contribution in [-0.2, 0) is 24.7 Å². The molecule has 0 saturated carbocycles. The molecule has 1 unspecified atom stereocenters. The van der Waals surface area contributed by atoms with Gasteiger partial charge in [0.25, 0.3) is 0 Å². The summed E-state index contributed by atoms with van der Waals surface area (Å²) < 4.78 is 1.90. The molecule has 5 heteroatoms. The molecule has 1 amide bonds. The van der Waals surface area contributed by atoms with Crippen molar-refractivity contribution in [3.63, 3.8) is 0 Å². The van der Waals surface area contributed by atoms with E-state index in [-0.39, 0.29) is 11.9 Å². The normalized spacial score (nSPS) is 16.4. The molecule has 1 aliphatic rings. The van der Waals surface area contributed by atoms with Gasteiger partial charge in [-0.15, -0.1) is 11.3 Å². The lowest BCUT2D eigenvalue weighted by atomic mass is 9.92. The number of amides is 1. The van der Waals surface area contributed by atoms with Crippen molar-refractivity contribution in [1.82, 2.24) is 14.7 Å². The van der Waals surface area contributed by atoms with Gasteiger partial charge in [0, 0.05) is 30.6 Å². The Labute approximate surface area is 164 Å². The molecule has 1 aliphatic heterocycles. The number of benzene rings is 1. The third-order valence-electron chi connectivity index (χ3n) is 5.65. The number of fused-ring (bicyclic) bond motifs is 1. The summed E-state index contributed by atoms with van der Waals surface area (Å²) in [4.78, 5) is 16.7. The van der Waals surface area contributed by atoms with Gasteiger partial charge in [0.05, 0.1) is 11.7 Å². The first-order valence-electron chi connectivity index (χ1n) is 9.46. The number of carbonyl (C=O) groups excluding carboxylic acids is 1. The van der Waals surface area contributed by atoms with Crippen molar-refractivity contribution < 1.29 is 4.79 Å². The molecule has 140 valence electrons. The van der Waals surface area contributed by atoms with Crippen LogP contribution in [0, 0.1) is 13.8 Å². The summed E-state index contributed by atoms with van der Waals surface area (Å²) in [5.74, 6) is 0.225. The standard InChI is InChI=1S/C22H25N3OS/c1-15-18(16(2)24(3)23-15)9-10-21(26)25-13-11-20-19(12-14-27-20)22(25)17-7-5-4-6-8-17/h4-8,12,14,22H,9-11,13H2,1-3H3. The van der Waals surface area contributed by atoms with Gasteiger partial charge < -0.3 is 4.90 Å². The fourth-order valence-electron chi connectivity index (χ4n) is 4.13. The lowest BCUT2D eigenvalue weighted by Crippen LogP contribution is -2.40. The van der Waals surface area contributed by atoms with E-state index in [1.807, 2.05) is 24.7 Å². The average molecular weight is 380 g/mol. The lowest BCUT2D eigenvalue weighted by molar-refractivity contribution is -0.133. The monoisotopic (exact) mass is 379 g/mol. The van der Waals surface area contributed by atoms with Crippen LogP contribution in [-0.4, -0.2) is 27.1 Å². The Balaban J connectivity index is 1.59. The molecule has 0 saturated heterocycles. The van der Waals surface area contributed by atoms with Gasteiger partial charge in [-0.3, -0.25) is 9.48 Å². The van der Waals surface area contributed by atoms with Crippen molar-refractivity contribution in [3.05, 3.63) is 74.7 Å². The van der Waals surface area contributed by atoms with E-state index in [0.29, 0.717) is 6.42 Å². The topological polar surface area (TPSA) is 38.1 Å². The highest BCUT2D eigenvalue weighted by molar-refractivity contribution is 7.10. The highest BCUT2D eigenvalue weighted by Gasteiger charge is 2.32. The van der Waals surface area contributed by atoms with Crippen LogP contribution in [0.3, 0.4) is 0 Å². The van der Waals surface area contributed by atoms with E-state index in [9.17, 15) is 4.79 Å². The van der Waals surface area contributed by atoms with Crippen LogP contribution >= 0.6 is 11.3 Å². The van der Waals surface area contributed by atoms with Crippen molar-refractivity contribution in [3.8, 4) is 0 Å². The molecule has 1 atom stereocenters. The first kappa shape index (κ1) is 18.0. The van der Waals surface area contributed by atoms with Crippen LogP contribution in [0.2, 0.25) is 0 Å². The smallest absolute Gasteiger partial charge is 0.223 e. The number of hydrogen-bond donors (Lipinski definition) is 0. The average Bonchev–Trinajstić information content (AvgIpc) is 3.24. The van der Waals surface area contributed by atoms with E-state index in [1.165, 1.54) is 21.6 Å². The van der Waals surface area contributed by atoms with Crippen LogP contribution < -0.4 is 0 Å². The molecule has 27 heavy (non-hydrogen) atoms. The molecule has 0 bridgehead atoms. The summed E-state index contributed by atoms with van der Waals surface area (Å²) in [5.41, 5.74) is 5.87. The maximum Gasteiger partial charge on any atom is 0.223 e. The maximum absolute atomic E-state index is 13.2. The van der Waals surface area contributed by atoms with Crippen molar-refractivity contribution in [2.45, 2.75) is 39.2 Å². The number of aromatic nitrogens is 2. The van der Waals surface area contributed by atoms with Gasteiger partial charge >= 0.3 is 0 Å². The molecule has 0 spiro atoms. The lowest BCUT2D eigenvalue weighted by Gasteiger charge is -2.36. The SMILES string of the molecule is Cc1nn(C)c(C)c1CCC(=O)N1CCc2sccc2C1c1ccccc1. The zero-order valence-electron chi connectivity index (χ0n) is 16.1. The van der Waals surface area contributed by atoms with E-state index >= 15 is 0 Å². The number of aryl methyl sites for hydroxylation is 2. The maximum atomic E-state index is 13.2. The molecule has 3 aromatic rings. The molecule has 0 radical (unpaired) electrons. The van der Waals surface area contributed by atoms with Gasteiger partial charge in [0.1, 0.15) is 0 Å². The Hall–Kier alpha value is -2.40. The van der Waals surface area contributed by atoms with E-state index in [4.69, 9.17) is 0 Å². The van der Waals surface area contributed by atoms with Crippen molar-refractivity contribution in [2.75, 3.05) is 6.54 Å². The zero-order chi connectivity index (χ0) is 19.0. The van der Waals surface area contributed by atoms with Gasteiger partial charge in [-0.05, 0) is 54.8 Å². The molecular weight excluding hydrogens is 354 g/mol. The summed E-state index contributed by atoms with van der Waals surface area (Å²) in [7, 11) is 1.96. The minimum absolute atomic E-state index is 0.0322. The third-order valence-corrected chi connectivity index (χ3v) is 6.65. The van der Waals surface area contributed by atoms with Gasteiger partial charge in [-0.1, -0.05) is 30.3 Å². The largest absolute Gasteiger partial charge is 0.331 e. The Kier molecular flexibility index (Phi) is 4.87. The molecule has 0 fully saturated rings. The van der Waals surface area contributed by atoms with Crippen LogP contribution in [0.1, 0.15) is 45.4 Å². The fraction of sp³-hybridized carbons (Fsp3) is 0.364. The van der Waals surface area contributed by atoms with Crippen LogP contribution in [0.15, 0.2) is 41.8 Å². The number of rotatable bonds is 4. The second-order valence-electron chi connectivity index (χ2n) is 7.22. The highest BCUT2D eigenvalue weighted by atomic mass is 32.1. The predicted molar refractivity (Wildman–Crippen MR) is 109 cm³/mol. The highest BCUT2D eigenvalue weighted by Crippen LogP contribution is 2.38. The summed E-state index contributed by atoms with van der Waals surface area (Å²) in [6, 6.07) is 12.6. The molecule has 3 heterocycles. The first-order chi connectivity index (χ1) is 13.1. The second-order valence-corrected chi connectivity index (χ2v) is 8.22. The molecule has 4 nitrogen and oxygen atoms in total. The fourth-order valence-corrected chi connectivity index (χ4v) is 5.04. The Morgan fingerprint density at radius 3 is 2.70 bits per heavy atom. The number of thiophene rings is 1. The molecular formula is C22H25N3OS. The van der Waals surface area contributed by atoms with Crippen molar-refractivity contribution in [1.29, 1.82) is 0 Å². The predicted octanol–water partition coefficient (Wildman–Crippen LogP) is 4.21. The molecule has 2 aromatic heterocycles. The van der Waals surface area contributed by atoms with Crippen LogP contribution in [0.4, 0.5) is 0 Å². The summed E-state index contributed by atoms with van der Waals surface area (Å²) in [5, 5.41) is 6.63. The minimum Gasteiger partial charge on any atom is -0.331 e. The Morgan fingerprint density at radius 1 is 1.22 bits per heavy atom. The van der Waals surface area contributed by atoms with Gasteiger partial charge in [0.15, 0.2) is 0 Å². The van der Waals surface area contributed by atoms with Crippen LogP contribution in [0.25, 0.3) is 0 Å². The van der Waals surface area contributed by atoms with E-state index in [1.54, 1.807) is 11.3 Å². The van der Waals surface area contributed by atoms with Crippen molar-refractivity contribution in [2.24, 2.45) is 7.05 Å². The van der Waals surface area contributed by atoms with Crippen molar-refractivity contribution >= 4 is 17.2 Å². The Morgan fingerprint density at radius 2 is 2.00 bits per heavy atom. The number of carbonyl (C=O) groups is 1. The van der Waals surface area contributed by atoms with Gasteiger partial charge in [-0.2, -0.15) is 5.10 Å². The molecule has 1 aromatic carbocycles. The van der Waals surface area contributed by atoms with E-state index < -0.39 is 0 Å².